The largest absolute Gasteiger partial charge is 0.378 e. The summed E-state index contributed by atoms with van der Waals surface area (Å²) in [6.45, 7) is 0.191. The second kappa shape index (κ2) is 6.14. The van der Waals surface area contributed by atoms with E-state index in [0.29, 0.717) is 0 Å². The van der Waals surface area contributed by atoms with Crippen molar-refractivity contribution in [3.63, 3.8) is 0 Å². The van der Waals surface area contributed by atoms with Crippen LogP contribution < -0.4 is 10.9 Å². The van der Waals surface area contributed by atoms with Crippen LogP contribution in [0.3, 0.4) is 0 Å². The van der Waals surface area contributed by atoms with E-state index in [-0.39, 0.29) is 29.7 Å². The van der Waals surface area contributed by atoms with Gasteiger partial charge in [0.2, 0.25) is 15.9 Å². The Kier molecular flexibility index (Phi) is 4.67. The monoisotopic (exact) mass is 335 g/mol. The van der Waals surface area contributed by atoms with Gasteiger partial charge in [-0.2, -0.15) is 4.31 Å². The molecule has 1 atom stereocenters. The number of hydrogen-bond donors (Lipinski definition) is 2. The third-order valence-electron chi connectivity index (χ3n) is 3.07. The number of hydrogen-bond acceptors (Lipinski definition) is 5. The lowest BCUT2D eigenvalue weighted by Gasteiger charge is -2.33. The highest BCUT2D eigenvalue weighted by Gasteiger charge is 2.38. The lowest BCUT2D eigenvalue weighted by Crippen LogP contribution is -2.55. The molecular weight excluding hydrogens is 322 g/mol. The average Bonchev–Trinajstić information content (AvgIpc) is 2.49. The van der Waals surface area contributed by atoms with Crippen molar-refractivity contribution in [3.05, 3.63) is 27.6 Å². The van der Waals surface area contributed by atoms with E-state index in [4.69, 9.17) is 16.3 Å². The fourth-order valence-electron chi connectivity index (χ4n) is 1.97. The van der Waals surface area contributed by atoms with Gasteiger partial charge < -0.3 is 15.0 Å². The summed E-state index contributed by atoms with van der Waals surface area (Å²) in [5.41, 5.74) is -0.583. The van der Waals surface area contributed by atoms with Crippen molar-refractivity contribution in [1.82, 2.24) is 14.6 Å². The summed E-state index contributed by atoms with van der Waals surface area (Å²) in [7, 11) is -2.55. The molecule has 2 N–H and O–H groups in total. The summed E-state index contributed by atoms with van der Waals surface area (Å²) in [6.07, 6.45) is 1.06. The summed E-state index contributed by atoms with van der Waals surface area (Å²) in [6, 6.07) is 0.103. The van der Waals surface area contributed by atoms with Gasteiger partial charge in [-0.3, -0.25) is 9.59 Å². The van der Waals surface area contributed by atoms with Gasteiger partial charge in [0.05, 0.1) is 18.1 Å². The van der Waals surface area contributed by atoms with E-state index in [1.165, 1.54) is 7.05 Å². The normalized spacial score (nSPS) is 20.2. The zero-order chi connectivity index (χ0) is 15.6. The van der Waals surface area contributed by atoms with Crippen LogP contribution in [0.25, 0.3) is 0 Å². The second-order valence-corrected chi connectivity index (χ2v) is 6.63. The van der Waals surface area contributed by atoms with Crippen molar-refractivity contribution in [2.45, 2.75) is 10.9 Å². The van der Waals surface area contributed by atoms with Gasteiger partial charge in [0, 0.05) is 19.8 Å². The van der Waals surface area contributed by atoms with E-state index in [1.807, 2.05) is 0 Å². The summed E-state index contributed by atoms with van der Waals surface area (Å²) < 4.78 is 31.4. The topological polar surface area (TPSA) is 109 Å². The van der Waals surface area contributed by atoms with Crippen LogP contribution in [0.4, 0.5) is 0 Å². The molecule has 1 aromatic rings. The van der Waals surface area contributed by atoms with Crippen LogP contribution in [0.5, 0.6) is 0 Å². The van der Waals surface area contributed by atoms with Crippen LogP contribution in [0, 0.1) is 0 Å². The number of pyridine rings is 1. The molecule has 0 radical (unpaired) electrons. The molecule has 1 amide bonds. The van der Waals surface area contributed by atoms with Gasteiger partial charge in [0.1, 0.15) is 11.1 Å². The molecule has 1 aliphatic heterocycles. The van der Waals surface area contributed by atoms with Crippen LogP contribution in [0.1, 0.15) is 0 Å². The molecule has 21 heavy (non-hydrogen) atoms. The Morgan fingerprint density at radius 3 is 2.90 bits per heavy atom. The molecule has 0 bridgehead atoms. The third kappa shape index (κ3) is 3.10. The molecule has 10 heteroatoms. The standard InChI is InChI=1S/C11H14ClN3O5S/c1-13-11(17)9-6-20-3-2-15(9)21(18,19)7-4-8(12)10(16)14-5-7/h4-5,9H,2-3,6H2,1H3,(H,13,17)(H,14,16). The van der Waals surface area contributed by atoms with E-state index in [0.717, 1.165) is 16.6 Å². The number of halogens is 1. The average molecular weight is 336 g/mol. The highest BCUT2D eigenvalue weighted by molar-refractivity contribution is 7.89. The number of nitrogens with one attached hydrogen (secondary N) is 2. The number of morpholine rings is 1. The molecule has 0 aliphatic carbocycles. The maximum atomic E-state index is 12.6. The second-order valence-electron chi connectivity index (χ2n) is 4.33. The highest BCUT2D eigenvalue weighted by atomic mass is 35.5. The minimum atomic E-state index is -3.97. The molecule has 2 heterocycles. The number of sulfonamides is 1. The van der Waals surface area contributed by atoms with Crippen LogP contribution in [0.15, 0.2) is 22.0 Å². The van der Waals surface area contributed by atoms with E-state index >= 15 is 0 Å². The zero-order valence-electron chi connectivity index (χ0n) is 11.1. The first kappa shape index (κ1) is 16.0. The third-order valence-corrected chi connectivity index (χ3v) is 5.23. The van der Waals surface area contributed by atoms with Crippen LogP contribution >= 0.6 is 11.6 Å². The maximum Gasteiger partial charge on any atom is 0.266 e. The molecule has 1 aromatic heterocycles. The van der Waals surface area contributed by atoms with Crippen molar-refractivity contribution in [3.8, 4) is 0 Å². The number of carbonyl (C=O) groups excluding carboxylic acids is 1. The van der Waals surface area contributed by atoms with Crippen LogP contribution in [-0.2, 0) is 19.6 Å². The number of nitrogens with zero attached hydrogens (tertiary/aromatic N) is 1. The van der Waals surface area contributed by atoms with Gasteiger partial charge in [-0.05, 0) is 6.07 Å². The maximum absolute atomic E-state index is 12.6. The number of aromatic nitrogens is 1. The first-order valence-corrected chi connectivity index (χ1v) is 7.89. The number of aromatic amines is 1. The van der Waals surface area contributed by atoms with E-state index in [9.17, 15) is 18.0 Å². The molecular formula is C11H14ClN3O5S. The van der Waals surface area contributed by atoms with E-state index < -0.39 is 27.5 Å². The molecule has 1 aliphatic rings. The number of H-pyrrole nitrogens is 1. The van der Waals surface area contributed by atoms with Gasteiger partial charge in [-0.15, -0.1) is 0 Å². The molecule has 0 aromatic carbocycles. The fourth-order valence-corrected chi connectivity index (χ4v) is 3.76. The molecule has 116 valence electrons. The lowest BCUT2D eigenvalue weighted by atomic mass is 10.2. The quantitative estimate of drug-likeness (QED) is 0.749. The summed E-state index contributed by atoms with van der Waals surface area (Å²) in [5, 5.41) is 2.16. The zero-order valence-corrected chi connectivity index (χ0v) is 12.7. The number of likely N-dealkylation sites (N-methyl/N-ethyl adjacent to an activating group) is 1. The smallest absolute Gasteiger partial charge is 0.266 e. The SMILES string of the molecule is CNC(=O)C1COCCN1S(=O)(=O)c1c[nH]c(=O)c(Cl)c1. The summed E-state index contributed by atoms with van der Waals surface area (Å²) in [5.74, 6) is -0.464. The Morgan fingerprint density at radius 2 is 2.29 bits per heavy atom. The Morgan fingerprint density at radius 1 is 1.57 bits per heavy atom. The predicted octanol–water partition coefficient (Wildman–Crippen LogP) is -0.836. The number of amides is 1. The Balaban J connectivity index is 2.42. The van der Waals surface area contributed by atoms with Gasteiger partial charge in [0.25, 0.3) is 5.56 Å². The first-order valence-electron chi connectivity index (χ1n) is 6.07. The molecule has 0 spiro atoms. The number of rotatable bonds is 3. The Labute approximate surface area is 126 Å². The van der Waals surface area contributed by atoms with Gasteiger partial charge >= 0.3 is 0 Å². The summed E-state index contributed by atoms with van der Waals surface area (Å²) in [4.78, 5) is 25.1. The molecule has 0 saturated carbocycles. The fraction of sp³-hybridized carbons (Fsp3) is 0.455. The lowest BCUT2D eigenvalue weighted by molar-refractivity contribution is -0.128. The minimum absolute atomic E-state index is 0.0318. The molecule has 1 unspecified atom stereocenters. The van der Waals surface area contributed by atoms with E-state index in [1.54, 1.807) is 0 Å². The van der Waals surface area contributed by atoms with Crippen LogP contribution in [-0.4, -0.2) is 56.5 Å². The van der Waals surface area contributed by atoms with Crippen LogP contribution in [0.2, 0.25) is 5.02 Å². The number of ether oxygens (including phenoxy) is 1. The summed E-state index contributed by atoms with van der Waals surface area (Å²) >= 11 is 5.65. The first-order chi connectivity index (χ1) is 9.87. The molecule has 8 nitrogen and oxygen atoms in total. The highest BCUT2D eigenvalue weighted by Crippen LogP contribution is 2.21. The van der Waals surface area contributed by atoms with Crippen molar-refractivity contribution in [2.75, 3.05) is 26.8 Å². The minimum Gasteiger partial charge on any atom is -0.378 e. The molecule has 1 saturated heterocycles. The van der Waals surface area contributed by atoms with Crippen molar-refractivity contribution in [1.29, 1.82) is 0 Å². The van der Waals surface area contributed by atoms with E-state index in [2.05, 4.69) is 10.3 Å². The van der Waals surface area contributed by atoms with Crippen molar-refractivity contribution in [2.24, 2.45) is 0 Å². The predicted molar refractivity (Wildman–Crippen MR) is 74.6 cm³/mol. The number of carbonyl (C=O) groups is 1. The van der Waals surface area contributed by atoms with Gasteiger partial charge in [-0.25, -0.2) is 8.42 Å². The van der Waals surface area contributed by atoms with Gasteiger partial charge in [-0.1, -0.05) is 11.6 Å². The molecule has 2 rings (SSSR count). The Hall–Kier alpha value is -1.42. The molecule has 1 fully saturated rings. The Bertz CT molecular complexity index is 702. The van der Waals surface area contributed by atoms with Gasteiger partial charge in [0.15, 0.2) is 0 Å². The van der Waals surface area contributed by atoms with Crippen molar-refractivity contribution >= 4 is 27.5 Å². The van der Waals surface area contributed by atoms with Crippen molar-refractivity contribution < 1.29 is 17.9 Å².